The number of amides is 1. The molecule has 1 aliphatic heterocycles. The van der Waals surface area contributed by atoms with Crippen molar-refractivity contribution < 1.29 is 9.53 Å². The van der Waals surface area contributed by atoms with E-state index in [0.29, 0.717) is 18.1 Å². The van der Waals surface area contributed by atoms with E-state index in [4.69, 9.17) is 16.3 Å². The fourth-order valence-electron chi connectivity index (χ4n) is 2.33. The average Bonchev–Trinajstić information content (AvgIpc) is 2.51. The van der Waals surface area contributed by atoms with Crippen LogP contribution in [-0.2, 0) is 11.3 Å². The molecule has 2 heterocycles. The SMILES string of the molecule is Cc1ncc(-c2cccc(Cl)c2)cc1CN1CC=COC1=O. The van der Waals surface area contributed by atoms with Gasteiger partial charge in [-0.25, -0.2) is 4.79 Å². The molecule has 22 heavy (non-hydrogen) atoms. The second-order valence-electron chi connectivity index (χ2n) is 5.11. The lowest BCUT2D eigenvalue weighted by molar-refractivity contribution is 0.131. The van der Waals surface area contributed by atoms with Gasteiger partial charge in [-0.1, -0.05) is 23.7 Å². The van der Waals surface area contributed by atoms with Crippen LogP contribution in [0.2, 0.25) is 5.02 Å². The minimum atomic E-state index is -0.338. The number of nitrogens with zero attached hydrogens (tertiary/aromatic N) is 2. The van der Waals surface area contributed by atoms with E-state index in [1.165, 1.54) is 6.26 Å². The molecule has 2 aromatic rings. The maximum atomic E-state index is 11.7. The number of hydrogen-bond donors (Lipinski definition) is 0. The van der Waals surface area contributed by atoms with E-state index < -0.39 is 0 Å². The predicted molar refractivity (Wildman–Crippen MR) is 85.5 cm³/mol. The molecule has 5 heteroatoms. The first-order valence-corrected chi connectivity index (χ1v) is 7.33. The smallest absolute Gasteiger partial charge is 0.415 e. The number of aryl methyl sites for hydroxylation is 1. The van der Waals surface area contributed by atoms with Crippen molar-refractivity contribution in [3.63, 3.8) is 0 Å². The number of benzene rings is 1. The Kier molecular flexibility index (Phi) is 4.11. The lowest BCUT2D eigenvalue weighted by Crippen LogP contribution is -2.33. The summed E-state index contributed by atoms with van der Waals surface area (Å²) in [4.78, 5) is 17.8. The normalized spacial score (nSPS) is 14.1. The van der Waals surface area contributed by atoms with Crippen molar-refractivity contribution in [3.8, 4) is 11.1 Å². The summed E-state index contributed by atoms with van der Waals surface area (Å²) in [7, 11) is 0. The highest BCUT2D eigenvalue weighted by Gasteiger charge is 2.18. The highest BCUT2D eigenvalue weighted by Crippen LogP contribution is 2.24. The summed E-state index contributed by atoms with van der Waals surface area (Å²) < 4.78 is 4.90. The van der Waals surface area contributed by atoms with Gasteiger partial charge < -0.3 is 4.74 Å². The average molecular weight is 315 g/mol. The lowest BCUT2D eigenvalue weighted by atomic mass is 10.0. The first-order chi connectivity index (χ1) is 10.6. The Hall–Kier alpha value is -2.33. The summed E-state index contributed by atoms with van der Waals surface area (Å²) in [6, 6.07) is 9.67. The third-order valence-corrected chi connectivity index (χ3v) is 3.80. The highest BCUT2D eigenvalue weighted by atomic mass is 35.5. The highest BCUT2D eigenvalue weighted by molar-refractivity contribution is 6.30. The van der Waals surface area contributed by atoms with Crippen LogP contribution < -0.4 is 0 Å². The fourth-order valence-corrected chi connectivity index (χ4v) is 2.52. The molecule has 1 aromatic carbocycles. The summed E-state index contributed by atoms with van der Waals surface area (Å²) >= 11 is 6.04. The van der Waals surface area contributed by atoms with Gasteiger partial charge in [-0.15, -0.1) is 0 Å². The van der Waals surface area contributed by atoms with Gasteiger partial charge >= 0.3 is 6.09 Å². The third kappa shape index (κ3) is 3.12. The van der Waals surface area contributed by atoms with E-state index in [2.05, 4.69) is 4.98 Å². The maximum Gasteiger partial charge on any atom is 0.415 e. The van der Waals surface area contributed by atoms with E-state index in [1.807, 2.05) is 49.5 Å². The summed E-state index contributed by atoms with van der Waals surface area (Å²) in [5, 5.41) is 0.685. The van der Waals surface area contributed by atoms with Crippen LogP contribution in [-0.4, -0.2) is 22.5 Å². The van der Waals surface area contributed by atoms with E-state index in [9.17, 15) is 4.79 Å². The van der Waals surface area contributed by atoms with Gasteiger partial charge in [0.25, 0.3) is 0 Å². The molecule has 4 nitrogen and oxygen atoms in total. The van der Waals surface area contributed by atoms with Crippen LogP contribution in [0.25, 0.3) is 11.1 Å². The van der Waals surface area contributed by atoms with Crippen LogP contribution in [0.4, 0.5) is 4.79 Å². The van der Waals surface area contributed by atoms with Crippen molar-refractivity contribution in [2.45, 2.75) is 13.5 Å². The van der Waals surface area contributed by atoms with Crippen LogP contribution in [0.15, 0.2) is 48.9 Å². The molecule has 0 saturated heterocycles. The van der Waals surface area contributed by atoms with Crippen LogP contribution in [0.3, 0.4) is 0 Å². The van der Waals surface area contributed by atoms with Crippen molar-refractivity contribution in [3.05, 3.63) is 65.1 Å². The van der Waals surface area contributed by atoms with Crippen LogP contribution in [0, 0.1) is 6.92 Å². The molecule has 0 spiro atoms. The number of carbonyl (C=O) groups is 1. The molecule has 3 rings (SSSR count). The van der Waals surface area contributed by atoms with E-state index in [0.717, 1.165) is 22.4 Å². The summed E-state index contributed by atoms with van der Waals surface area (Å²) in [6.45, 7) is 2.94. The van der Waals surface area contributed by atoms with Crippen LogP contribution in [0.5, 0.6) is 0 Å². The lowest BCUT2D eigenvalue weighted by Gasteiger charge is -2.23. The molecule has 0 fully saturated rings. The summed E-state index contributed by atoms with van der Waals surface area (Å²) in [5.74, 6) is 0. The van der Waals surface area contributed by atoms with Crippen molar-refractivity contribution in [1.82, 2.24) is 9.88 Å². The Balaban J connectivity index is 1.90. The number of aromatic nitrogens is 1. The molecule has 0 aliphatic carbocycles. The molecule has 0 unspecified atom stereocenters. The van der Waals surface area contributed by atoms with Crippen molar-refractivity contribution in [2.75, 3.05) is 6.54 Å². The predicted octanol–water partition coefficient (Wildman–Crippen LogP) is 4.18. The minimum Gasteiger partial charge on any atom is -0.418 e. The summed E-state index contributed by atoms with van der Waals surface area (Å²) in [5.41, 5.74) is 3.87. The summed E-state index contributed by atoms with van der Waals surface area (Å²) in [6.07, 6.45) is 4.71. The molecule has 0 bridgehead atoms. The fraction of sp³-hybridized carbons (Fsp3) is 0.176. The van der Waals surface area contributed by atoms with Crippen LogP contribution in [0.1, 0.15) is 11.3 Å². The van der Waals surface area contributed by atoms with Crippen molar-refractivity contribution in [1.29, 1.82) is 0 Å². The number of ether oxygens (including phenoxy) is 1. The first kappa shape index (κ1) is 14.6. The Morgan fingerprint density at radius 1 is 1.32 bits per heavy atom. The van der Waals surface area contributed by atoms with Gasteiger partial charge in [0.05, 0.1) is 12.8 Å². The molecule has 0 N–H and O–H groups in total. The quantitative estimate of drug-likeness (QED) is 0.853. The van der Waals surface area contributed by atoms with Crippen molar-refractivity contribution in [2.24, 2.45) is 0 Å². The van der Waals surface area contributed by atoms with E-state index in [-0.39, 0.29) is 6.09 Å². The number of pyridine rings is 1. The zero-order valence-corrected chi connectivity index (χ0v) is 12.9. The number of halogens is 1. The minimum absolute atomic E-state index is 0.338. The largest absolute Gasteiger partial charge is 0.418 e. The molecule has 0 atom stereocenters. The Labute approximate surface area is 134 Å². The molecule has 0 saturated carbocycles. The van der Waals surface area contributed by atoms with Gasteiger partial charge in [-0.2, -0.15) is 0 Å². The van der Waals surface area contributed by atoms with Gasteiger partial charge in [0.1, 0.15) is 0 Å². The zero-order valence-electron chi connectivity index (χ0n) is 12.1. The molecular weight excluding hydrogens is 300 g/mol. The van der Waals surface area contributed by atoms with Gasteiger partial charge in [0.2, 0.25) is 0 Å². The van der Waals surface area contributed by atoms with Gasteiger partial charge in [0, 0.05) is 29.0 Å². The third-order valence-electron chi connectivity index (χ3n) is 3.56. The topological polar surface area (TPSA) is 42.4 Å². The molecule has 1 amide bonds. The van der Waals surface area contributed by atoms with E-state index >= 15 is 0 Å². The number of carbonyl (C=O) groups excluding carboxylic acids is 1. The molecular formula is C17H15ClN2O2. The monoisotopic (exact) mass is 314 g/mol. The standard InChI is InChI=1S/C17H15ClN2O2/c1-12-15(11-20-6-3-7-22-17(20)21)8-14(10-19-12)13-4-2-5-16(18)9-13/h2-5,7-10H,6,11H2,1H3. The van der Waals surface area contributed by atoms with Crippen molar-refractivity contribution >= 4 is 17.7 Å². The molecule has 0 radical (unpaired) electrons. The second kappa shape index (κ2) is 6.20. The zero-order chi connectivity index (χ0) is 15.5. The number of cyclic esters (lactones) is 1. The van der Waals surface area contributed by atoms with Gasteiger partial charge in [0.15, 0.2) is 0 Å². The molecule has 112 valence electrons. The first-order valence-electron chi connectivity index (χ1n) is 6.95. The number of rotatable bonds is 3. The Morgan fingerprint density at radius 2 is 2.18 bits per heavy atom. The van der Waals surface area contributed by atoms with E-state index in [1.54, 1.807) is 4.90 Å². The van der Waals surface area contributed by atoms with Gasteiger partial charge in [-0.05, 0) is 42.3 Å². The molecule has 1 aliphatic rings. The Bertz CT molecular complexity index is 743. The second-order valence-corrected chi connectivity index (χ2v) is 5.55. The van der Waals surface area contributed by atoms with Crippen LogP contribution >= 0.6 is 11.6 Å². The van der Waals surface area contributed by atoms with Gasteiger partial charge in [-0.3, -0.25) is 9.88 Å². The molecule has 1 aromatic heterocycles. The maximum absolute atomic E-state index is 11.7. The number of hydrogen-bond acceptors (Lipinski definition) is 3. The Morgan fingerprint density at radius 3 is 2.95 bits per heavy atom.